The maximum atomic E-state index is 13.1. The smallest absolute Gasteiger partial charge is 0.362 e. The first-order valence-corrected chi connectivity index (χ1v) is 6.25. The fourth-order valence-corrected chi connectivity index (χ4v) is 2.24. The van der Waals surface area contributed by atoms with Crippen molar-refractivity contribution in [2.75, 3.05) is 0 Å². The van der Waals surface area contributed by atoms with E-state index in [1.165, 1.54) is 24.7 Å². The molecule has 0 fully saturated rings. The Bertz CT molecular complexity index is 596. The van der Waals surface area contributed by atoms with E-state index in [-0.39, 0.29) is 10.7 Å². The minimum atomic E-state index is -5.00. The second-order valence-electron chi connectivity index (χ2n) is 5.07. The Balaban J connectivity index is 2.35. The van der Waals surface area contributed by atoms with Crippen LogP contribution in [0.25, 0.3) is 0 Å². The van der Waals surface area contributed by atoms with Crippen molar-refractivity contribution in [1.82, 2.24) is 14.8 Å². The molecule has 0 radical (unpaired) electrons. The number of hydrogen-bond acceptors (Lipinski definition) is 4. The minimum absolute atomic E-state index is 0.0348. The number of aromatic nitrogens is 2. The van der Waals surface area contributed by atoms with E-state index in [1.807, 2.05) is 0 Å². The molecule has 0 spiro atoms. The van der Waals surface area contributed by atoms with Crippen LogP contribution in [0.3, 0.4) is 0 Å². The summed E-state index contributed by atoms with van der Waals surface area (Å²) in [5.74, 6) is -0.974. The molecule has 0 saturated carbocycles. The van der Waals surface area contributed by atoms with Crippen molar-refractivity contribution < 1.29 is 23.1 Å². The number of carbonyl (C=O) groups is 1. The number of hydrazone groups is 1. The van der Waals surface area contributed by atoms with Gasteiger partial charge in [0.05, 0.1) is 0 Å². The molecule has 1 aromatic heterocycles. The zero-order valence-corrected chi connectivity index (χ0v) is 11.7. The third-order valence-electron chi connectivity index (χ3n) is 3.38. The average Bonchev–Trinajstić information content (AvgIpc) is 2.91. The van der Waals surface area contributed by atoms with Crippen LogP contribution in [0, 0.1) is 6.92 Å². The number of amides is 1. The molecule has 1 aliphatic rings. The molecule has 2 atom stereocenters. The molecule has 0 aliphatic carbocycles. The monoisotopic (exact) mass is 304 g/mol. The van der Waals surface area contributed by atoms with E-state index < -0.39 is 30.3 Å². The second kappa shape index (κ2) is 4.83. The number of halogens is 3. The number of carbonyl (C=O) groups excluding carboxylic acids is 1. The Morgan fingerprint density at radius 2 is 2.10 bits per heavy atom. The standard InChI is InChI=1S/C12H15F3N4O2/c1-7-6-11(21,12(13,14)15)19(17-7)10(20)9(3)18-8(2)4-5-16-18/h4-5,9,21H,6H2,1-3H3/t9-,11-/m0/s1. The highest BCUT2D eigenvalue weighted by Crippen LogP contribution is 2.41. The van der Waals surface area contributed by atoms with Crippen LogP contribution in [0.2, 0.25) is 0 Å². The number of nitrogens with zero attached hydrogens (tertiary/aromatic N) is 4. The summed E-state index contributed by atoms with van der Waals surface area (Å²) in [7, 11) is 0. The molecule has 1 aromatic rings. The highest BCUT2D eigenvalue weighted by atomic mass is 19.4. The number of rotatable bonds is 2. The number of hydrogen-bond donors (Lipinski definition) is 1. The van der Waals surface area contributed by atoms with E-state index in [2.05, 4.69) is 10.2 Å². The average molecular weight is 304 g/mol. The summed E-state index contributed by atoms with van der Waals surface area (Å²) >= 11 is 0. The van der Waals surface area contributed by atoms with Gasteiger partial charge < -0.3 is 5.11 Å². The Morgan fingerprint density at radius 1 is 1.48 bits per heavy atom. The van der Waals surface area contributed by atoms with Gasteiger partial charge in [-0.05, 0) is 26.8 Å². The van der Waals surface area contributed by atoms with Gasteiger partial charge in [0.25, 0.3) is 11.6 Å². The number of aryl methyl sites for hydroxylation is 1. The Hall–Kier alpha value is -1.90. The van der Waals surface area contributed by atoms with Crippen LogP contribution >= 0.6 is 0 Å². The van der Waals surface area contributed by atoms with Crippen molar-refractivity contribution in [2.24, 2.45) is 5.10 Å². The van der Waals surface area contributed by atoms with Crippen molar-refractivity contribution in [3.63, 3.8) is 0 Å². The lowest BCUT2D eigenvalue weighted by Gasteiger charge is -2.34. The lowest BCUT2D eigenvalue weighted by atomic mass is 10.1. The van der Waals surface area contributed by atoms with Gasteiger partial charge in [0.15, 0.2) is 0 Å². The van der Waals surface area contributed by atoms with Crippen LogP contribution in [-0.4, -0.2) is 43.4 Å². The predicted octanol–water partition coefficient (Wildman–Crippen LogP) is 1.61. The molecular formula is C12H15F3N4O2. The third kappa shape index (κ3) is 2.41. The van der Waals surface area contributed by atoms with Crippen molar-refractivity contribution in [3.05, 3.63) is 18.0 Å². The van der Waals surface area contributed by atoms with Crippen molar-refractivity contribution >= 4 is 11.6 Å². The SMILES string of the molecule is CC1=NN(C(=O)[C@H](C)n2nccc2C)[C@@](O)(C(F)(F)F)C1. The Kier molecular flexibility index (Phi) is 3.56. The van der Waals surface area contributed by atoms with Gasteiger partial charge in [0, 0.05) is 24.0 Å². The molecule has 0 aromatic carbocycles. The normalized spacial score (nSPS) is 24.1. The van der Waals surface area contributed by atoms with Gasteiger partial charge in [-0.15, -0.1) is 0 Å². The summed E-state index contributed by atoms with van der Waals surface area (Å²) in [6.45, 7) is 4.40. The van der Waals surface area contributed by atoms with E-state index in [0.29, 0.717) is 5.69 Å². The molecule has 0 unspecified atom stereocenters. The summed E-state index contributed by atoms with van der Waals surface area (Å²) in [5, 5.41) is 17.5. The van der Waals surface area contributed by atoms with Gasteiger partial charge in [-0.25, -0.2) is 0 Å². The first kappa shape index (κ1) is 15.5. The van der Waals surface area contributed by atoms with Gasteiger partial charge >= 0.3 is 6.18 Å². The molecule has 1 N–H and O–H groups in total. The zero-order valence-electron chi connectivity index (χ0n) is 11.7. The van der Waals surface area contributed by atoms with Crippen LogP contribution in [0.1, 0.15) is 32.0 Å². The summed E-state index contributed by atoms with van der Waals surface area (Å²) in [5.41, 5.74) is -2.65. The van der Waals surface area contributed by atoms with Crippen LogP contribution in [0.15, 0.2) is 17.4 Å². The van der Waals surface area contributed by atoms with Gasteiger partial charge in [-0.3, -0.25) is 9.48 Å². The molecule has 1 amide bonds. The molecular weight excluding hydrogens is 289 g/mol. The first-order valence-electron chi connectivity index (χ1n) is 6.25. The molecule has 2 rings (SSSR count). The lowest BCUT2D eigenvalue weighted by molar-refractivity contribution is -0.303. The highest BCUT2D eigenvalue weighted by Gasteiger charge is 2.63. The Morgan fingerprint density at radius 3 is 2.57 bits per heavy atom. The largest absolute Gasteiger partial charge is 0.438 e. The highest BCUT2D eigenvalue weighted by molar-refractivity contribution is 5.90. The molecule has 116 valence electrons. The van der Waals surface area contributed by atoms with Gasteiger partial charge in [-0.2, -0.15) is 28.4 Å². The second-order valence-corrected chi connectivity index (χ2v) is 5.07. The van der Waals surface area contributed by atoms with Crippen LogP contribution < -0.4 is 0 Å². The minimum Gasteiger partial charge on any atom is -0.362 e. The van der Waals surface area contributed by atoms with Gasteiger partial charge in [-0.1, -0.05) is 0 Å². The van der Waals surface area contributed by atoms with Crippen LogP contribution in [0.4, 0.5) is 13.2 Å². The summed E-state index contributed by atoms with van der Waals surface area (Å²) in [6, 6.07) is 0.613. The zero-order chi connectivity index (χ0) is 16.0. The van der Waals surface area contributed by atoms with E-state index in [4.69, 9.17) is 0 Å². The van der Waals surface area contributed by atoms with E-state index in [0.717, 1.165) is 0 Å². The fraction of sp³-hybridized carbons (Fsp3) is 0.583. The maximum Gasteiger partial charge on any atom is 0.438 e. The van der Waals surface area contributed by atoms with Crippen molar-refractivity contribution in [2.45, 2.75) is 45.1 Å². The topological polar surface area (TPSA) is 70.7 Å². The van der Waals surface area contributed by atoms with E-state index in [9.17, 15) is 23.1 Å². The predicted molar refractivity (Wildman–Crippen MR) is 67.3 cm³/mol. The summed E-state index contributed by atoms with van der Waals surface area (Å²) in [4.78, 5) is 12.3. The van der Waals surface area contributed by atoms with Crippen molar-refractivity contribution in [3.8, 4) is 0 Å². The fourth-order valence-electron chi connectivity index (χ4n) is 2.24. The van der Waals surface area contributed by atoms with E-state index in [1.54, 1.807) is 13.0 Å². The third-order valence-corrected chi connectivity index (χ3v) is 3.38. The molecule has 6 nitrogen and oxygen atoms in total. The molecule has 0 bridgehead atoms. The molecule has 1 aliphatic heterocycles. The van der Waals surface area contributed by atoms with Gasteiger partial charge in [0.2, 0.25) is 0 Å². The molecule has 0 saturated heterocycles. The number of aliphatic hydroxyl groups is 1. The quantitative estimate of drug-likeness (QED) is 0.902. The number of alkyl halides is 3. The van der Waals surface area contributed by atoms with Crippen molar-refractivity contribution in [1.29, 1.82) is 0 Å². The maximum absolute atomic E-state index is 13.1. The molecule has 21 heavy (non-hydrogen) atoms. The van der Waals surface area contributed by atoms with Crippen LogP contribution in [0.5, 0.6) is 0 Å². The molecule has 9 heteroatoms. The summed E-state index contributed by atoms with van der Waals surface area (Å²) in [6.07, 6.45) is -4.32. The summed E-state index contributed by atoms with van der Waals surface area (Å²) < 4.78 is 40.5. The molecule has 2 heterocycles. The van der Waals surface area contributed by atoms with E-state index >= 15 is 0 Å². The first-order chi connectivity index (χ1) is 9.58. The lowest BCUT2D eigenvalue weighted by Crippen LogP contribution is -2.57. The van der Waals surface area contributed by atoms with Crippen LogP contribution in [-0.2, 0) is 4.79 Å². The van der Waals surface area contributed by atoms with Gasteiger partial charge in [0.1, 0.15) is 6.04 Å². The Labute approximate surface area is 118 Å².